The number of rotatable bonds is 3. The van der Waals surface area contributed by atoms with Gasteiger partial charge in [0, 0.05) is 56.7 Å². The fraction of sp³-hybridized carbons (Fsp3) is 0.350. The molecule has 0 saturated carbocycles. The van der Waals surface area contributed by atoms with Crippen LogP contribution in [0.5, 0.6) is 0 Å². The molecule has 0 bridgehead atoms. The first-order valence-electron chi connectivity index (χ1n) is 8.99. The fourth-order valence-electron chi connectivity index (χ4n) is 3.73. The van der Waals surface area contributed by atoms with Gasteiger partial charge in [0.15, 0.2) is 0 Å². The monoisotopic (exact) mass is 349 g/mol. The Morgan fingerprint density at radius 1 is 1.15 bits per heavy atom. The summed E-state index contributed by atoms with van der Waals surface area (Å²) < 4.78 is 1.66. The predicted octanol–water partition coefficient (Wildman–Crippen LogP) is 2.71. The third-order valence-electron chi connectivity index (χ3n) is 5.23. The number of para-hydroxylation sites is 1. The van der Waals surface area contributed by atoms with Crippen LogP contribution < -0.4 is 4.90 Å². The molecule has 0 N–H and O–H groups in total. The van der Waals surface area contributed by atoms with Gasteiger partial charge in [-0.1, -0.05) is 18.2 Å². The molecule has 3 heterocycles. The van der Waals surface area contributed by atoms with Gasteiger partial charge in [0.2, 0.25) is 0 Å². The average Bonchev–Trinajstić information content (AvgIpc) is 3.13. The Bertz CT molecular complexity index is 921. The summed E-state index contributed by atoms with van der Waals surface area (Å²) in [6.07, 6.45) is 5.58. The lowest BCUT2D eigenvalue weighted by Gasteiger charge is -2.38. The summed E-state index contributed by atoms with van der Waals surface area (Å²) in [6.45, 7) is 1.86. The number of carbonyl (C=O) groups is 1. The molecule has 6 nitrogen and oxygen atoms in total. The van der Waals surface area contributed by atoms with E-state index in [1.165, 1.54) is 11.1 Å². The second kappa shape index (κ2) is 6.78. The molecule has 0 atom stereocenters. The molecule has 6 heteroatoms. The Morgan fingerprint density at radius 3 is 2.65 bits per heavy atom. The third-order valence-corrected chi connectivity index (χ3v) is 5.23. The Labute approximate surface area is 153 Å². The molecule has 1 aliphatic heterocycles. The molecular weight excluding hydrogens is 326 g/mol. The van der Waals surface area contributed by atoms with Crippen LogP contribution in [-0.4, -0.2) is 51.8 Å². The van der Waals surface area contributed by atoms with E-state index in [9.17, 15) is 4.79 Å². The minimum atomic E-state index is -0.00147. The number of pyridine rings is 1. The number of amides is 1. The van der Waals surface area contributed by atoms with Crippen molar-refractivity contribution in [3.8, 4) is 0 Å². The molecule has 4 rings (SSSR count). The number of aryl methyl sites for hydroxylation is 1. The molecule has 1 fully saturated rings. The van der Waals surface area contributed by atoms with E-state index in [0.717, 1.165) is 31.4 Å². The number of benzene rings is 1. The molecule has 26 heavy (non-hydrogen) atoms. The van der Waals surface area contributed by atoms with Crippen molar-refractivity contribution in [2.75, 3.05) is 25.0 Å². The van der Waals surface area contributed by atoms with Crippen LogP contribution in [-0.2, 0) is 7.05 Å². The summed E-state index contributed by atoms with van der Waals surface area (Å²) in [4.78, 5) is 21.3. The van der Waals surface area contributed by atoms with Crippen LogP contribution in [0.15, 0.2) is 48.8 Å². The zero-order valence-electron chi connectivity index (χ0n) is 15.2. The first-order valence-corrected chi connectivity index (χ1v) is 8.99. The van der Waals surface area contributed by atoms with Crippen LogP contribution in [0, 0.1) is 0 Å². The highest BCUT2D eigenvalue weighted by atomic mass is 16.2. The van der Waals surface area contributed by atoms with Crippen LogP contribution in [0.2, 0.25) is 0 Å². The molecule has 1 aliphatic rings. The number of nitrogens with zero attached hydrogens (tertiary/aromatic N) is 5. The molecule has 1 amide bonds. The topological polar surface area (TPSA) is 54.3 Å². The number of piperidine rings is 1. The van der Waals surface area contributed by atoms with Crippen LogP contribution in [0.4, 0.5) is 5.69 Å². The van der Waals surface area contributed by atoms with Gasteiger partial charge in [-0.2, -0.15) is 5.10 Å². The second-order valence-electron chi connectivity index (χ2n) is 6.86. The van der Waals surface area contributed by atoms with Crippen LogP contribution in [0.3, 0.4) is 0 Å². The van der Waals surface area contributed by atoms with Gasteiger partial charge >= 0.3 is 0 Å². The SMILES string of the molecule is CN(C(=O)c1ccn(C)n1)C1CCN(c2ccnc3ccccc23)CC1. The second-order valence-corrected chi connectivity index (χ2v) is 6.86. The van der Waals surface area contributed by atoms with Crippen molar-refractivity contribution in [3.05, 3.63) is 54.5 Å². The molecule has 3 aromatic rings. The summed E-state index contributed by atoms with van der Waals surface area (Å²) in [6, 6.07) is 12.4. The lowest BCUT2D eigenvalue weighted by molar-refractivity contribution is 0.0702. The first-order chi connectivity index (χ1) is 12.6. The normalized spacial score (nSPS) is 15.4. The van der Waals surface area contributed by atoms with Crippen molar-refractivity contribution in [1.29, 1.82) is 0 Å². The van der Waals surface area contributed by atoms with Gasteiger partial charge in [-0.15, -0.1) is 0 Å². The van der Waals surface area contributed by atoms with E-state index in [1.807, 2.05) is 37.3 Å². The molecule has 0 unspecified atom stereocenters. The van der Waals surface area contributed by atoms with E-state index in [1.54, 1.807) is 16.9 Å². The van der Waals surface area contributed by atoms with Crippen molar-refractivity contribution in [2.45, 2.75) is 18.9 Å². The van der Waals surface area contributed by atoms with Gasteiger partial charge in [0.1, 0.15) is 5.69 Å². The number of hydrogen-bond acceptors (Lipinski definition) is 4. The van der Waals surface area contributed by atoms with E-state index >= 15 is 0 Å². The van der Waals surface area contributed by atoms with Crippen LogP contribution >= 0.6 is 0 Å². The highest BCUT2D eigenvalue weighted by Crippen LogP contribution is 2.28. The number of fused-ring (bicyclic) bond motifs is 1. The number of anilines is 1. The van der Waals surface area contributed by atoms with Gasteiger partial charge in [-0.25, -0.2) is 0 Å². The third kappa shape index (κ3) is 3.03. The maximum Gasteiger partial charge on any atom is 0.274 e. The van der Waals surface area contributed by atoms with Gasteiger partial charge in [0.25, 0.3) is 5.91 Å². The van der Waals surface area contributed by atoms with Crippen LogP contribution in [0.25, 0.3) is 10.9 Å². The maximum absolute atomic E-state index is 12.6. The number of aromatic nitrogens is 3. The summed E-state index contributed by atoms with van der Waals surface area (Å²) in [5.41, 5.74) is 2.76. The standard InChI is InChI=1S/C20H23N5O/c1-23-12-10-18(22-23)20(26)24(2)15-8-13-25(14-9-15)19-7-11-21-17-6-4-3-5-16(17)19/h3-7,10-12,15H,8-9,13-14H2,1-2H3. The van der Waals surface area contributed by atoms with Crippen molar-refractivity contribution < 1.29 is 4.79 Å². The van der Waals surface area contributed by atoms with E-state index in [2.05, 4.69) is 33.2 Å². The molecule has 0 spiro atoms. The van der Waals surface area contributed by atoms with E-state index in [0.29, 0.717) is 5.69 Å². The molecular formula is C20H23N5O. The minimum Gasteiger partial charge on any atom is -0.371 e. The van der Waals surface area contributed by atoms with E-state index in [-0.39, 0.29) is 11.9 Å². The molecule has 1 saturated heterocycles. The molecule has 2 aromatic heterocycles. The zero-order valence-corrected chi connectivity index (χ0v) is 15.2. The zero-order chi connectivity index (χ0) is 18.1. The van der Waals surface area contributed by atoms with Crippen LogP contribution in [0.1, 0.15) is 23.3 Å². The molecule has 1 aromatic carbocycles. The molecule has 134 valence electrons. The average molecular weight is 349 g/mol. The molecule has 0 radical (unpaired) electrons. The number of carbonyl (C=O) groups excluding carboxylic acids is 1. The Balaban J connectivity index is 1.46. The molecule has 0 aliphatic carbocycles. The summed E-state index contributed by atoms with van der Waals surface area (Å²) >= 11 is 0. The highest BCUT2D eigenvalue weighted by molar-refractivity contribution is 5.92. The Morgan fingerprint density at radius 2 is 1.92 bits per heavy atom. The summed E-state index contributed by atoms with van der Waals surface area (Å²) in [7, 11) is 3.72. The smallest absolute Gasteiger partial charge is 0.274 e. The Hall–Kier alpha value is -2.89. The fourth-order valence-corrected chi connectivity index (χ4v) is 3.73. The van der Waals surface area contributed by atoms with Crippen molar-refractivity contribution in [2.24, 2.45) is 7.05 Å². The summed E-state index contributed by atoms with van der Waals surface area (Å²) in [5.74, 6) is -0.00147. The quantitative estimate of drug-likeness (QED) is 0.730. The number of hydrogen-bond donors (Lipinski definition) is 0. The maximum atomic E-state index is 12.6. The summed E-state index contributed by atoms with van der Waals surface area (Å²) in [5, 5.41) is 5.42. The van der Waals surface area contributed by atoms with Gasteiger partial charge in [0.05, 0.1) is 5.52 Å². The van der Waals surface area contributed by atoms with Gasteiger partial charge in [-0.05, 0) is 31.0 Å². The van der Waals surface area contributed by atoms with Crippen molar-refractivity contribution >= 4 is 22.5 Å². The Kier molecular flexibility index (Phi) is 4.32. The minimum absolute atomic E-state index is 0.00147. The van der Waals surface area contributed by atoms with Gasteiger partial charge < -0.3 is 9.80 Å². The van der Waals surface area contributed by atoms with Gasteiger partial charge in [-0.3, -0.25) is 14.5 Å². The van der Waals surface area contributed by atoms with Crippen molar-refractivity contribution in [3.63, 3.8) is 0 Å². The highest BCUT2D eigenvalue weighted by Gasteiger charge is 2.27. The lowest BCUT2D eigenvalue weighted by atomic mass is 10.0. The largest absolute Gasteiger partial charge is 0.371 e. The van der Waals surface area contributed by atoms with E-state index < -0.39 is 0 Å². The van der Waals surface area contributed by atoms with E-state index in [4.69, 9.17) is 0 Å². The predicted molar refractivity (Wildman–Crippen MR) is 102 cm³/mol. The van der Waals surface area contributed by atoms with Crippen molar-refractivity contribution in [1.82, 2.24) is 19.7 Å². The first kappa shape index (κ1) is 16.6. The lowest BCUT2D eigenvalue weighted by Crippen LogP contribution is -2.45.